The van der Waals surface area contributed by atoms with E-state index in [2.05, 4.69) is 25.8 Å². The van der Waals surface area contributed by atoms with E-state index >= 15 is 0 Å². The molecule has 4 heterocycles. The van der Waals surface area contributed by atoms with Crippen molar-refractivity contribution in [2.45, 2.75) is 45.9 Å². The number of pyridine rings is 1. The summed E-state index contributed by atoms with van der Waals surface area (Å²) in [6.07, 6.45) is 7.15. The maximum atomic E-state index is 12.6. The average molecular weight is 393 g/mol. The molecule has 0 radical (unpaired) electrons. The number of carbonyl (C=O) groups is 2. The second kappa shape index (κ2) is 7.86. The Morgan fingerprint density at radius 3 is 2.72 bits per heavy atom. The summed E-state index contributed by atoms with van der Waals surface area (Å²) in [6, 6.07) is 3.63. The minimum Gasteiger partial charge on any atom is -0.348 e. The fraction of sp³-hybridized carbons (Fsp3) is 0.350. The predicted molar refractivity (Wildman–Crippen MR) is 105 cm³/mol. The first-order chi connectivity index (χ1) is 14.1. The fourth-order valence-electron chi connectivity index (χ4n) is 3.61. The van der Waals surface area contributed by atoms with Crippen molar-refractivity contribution in [2.75, 3.05) is 0 Å². The molecule has 29 heavy (non-hydrogen) atoms. The number of rotatable bonds is 6. The number of nitrogens with zero attached hydrogens (tertiary/aromatic N) is 5. The Hall–Kier alpha value is -3.49. The number of aryl methyl sites for hydroxylation is 1. The molecule has 1 aliphatic heterocycles. The summed E-state index contributed by atoms with van der Waals surface area (Å²) in [5.74, 6) is -0.331. The van der Waals surface area contributed by atoms with E-state index in [1.54, 1.807) is 34.2 Å². The van der Waals surface area contributed by atoms with Crippen molar-refractivity contribution in [1.29, 1.82) is 0 Å². The van der Waals surface area contributed by atoms with Gasteiger partial charge in [0.2, 0.25) is 0 Å². The van der Waals surface area contributed by atoms with Gasteiger partial charge in [-0.2, -0.15) is 10.2 Å². The van der Waals surface area contributed by atoms with E-state index in [1.165, 1.54) is 0 Å². The lowest BCUT2D eigenvalue weighted by molar-refractivity contribution is 0.0934. The van der Waals surface area contributed by atoms with Gasteiger partial charge in [-0.3, -0.25) is 23.9 Å². The van der Waals surface area contributed by atoms with Gasteiger partial charge in [0.1, 0.15) is 0 Å². The molecule has 3 aromatic rings. The van der Waals surface area contributed by atoms with Gasteiger partial charge in [-0.05, 0) is 25.5 Å². The van der Waals surface area contributed by atoms with Crippen LogP contribution in [0, 0.1) is 6.92 Å². The summed E-state index contributed by atoms with van der Waals surface area (Å²) in [7, 11) is 0. The molecular formula is C20H23N7O2. The van der Waals surface area contributed by atoms with Gasteiger partial charge in [-0.25, -0.2) is 0 Å². The highest BCUT2D eigenvalue weighted by Gasteiger charge is 2.29. The van der Waals surface area contributed by atoms with E-state index in [0.29, 0.717) is 30.6 Å². The normalized spacial score (nSPS) is 15.2. The van der Waals surface area contributed by atoms with Gasteiger partial charge in [0.05, 0.1) is 41.8 Å². The number of fused-ring (bicyclic) bond motifs is 1. The molecule has 9 nitrogen and oxygen atoms in total. The standard InChI is InChI=1S/C20H23N7O2/c1-3-26-13(2)16(10-23-26)20(29)25-15-7-18-17(11-24-27(18)12-15)19(28)22-9-14-5-4-6-21-8-14/h4-6,8,10-11,15H,3,7,9,12H2,1-2H3,(H,22,28)(H,25,29). The van der Waals surface area contributed by atoms with E-state index < -0.39 is 0 Å². The van der Waals surface area contributed by atoms with Crippen LogP contribution in [0.15, 0.2) is 36.9 Å². The van der Waals surface area contributed by atoms with Crippen LogP contribution in [0.2, 0.25) is 0 Å². The third-order valence-corrected chi connectivity index (χ3v) is 5.18. The van der Waals surface area contributed by atoms with Crippen molar-refractivity contribution in [3.8, 4) is 0 Å². The number of aromatic nitrogens is 5. The highest BCUT2D eigenvalue weighted by molar-refractivity contribution is 5.96. The lowest BCUT2D eigenvalue weighted by Crippen LogP contribution is -2.36. The zero-order valence-corrected chi connectivity index (χ0v) is 16.4. The largest absolute Gasteiger partial charge is 0.348 e. The van der Waals surface area contributed by atoms with E-state index in [0.717, 1.165) is 23.5 Å². The molecule has 9 heteroatoms. The monoisotopic (exact) mass is 393 g/mol. The molecule has 3 aromatic heterocycles. The summed E-state index contributed by atoms with van der Waals surface area (Å²) < 4.78 is 3.57. The third-order valence-electron chi connectivity index (χ3n) is 5.18. The predicted octanol–water partition coefficient (Wildman–Crippen LogP) is 1.09. The molecule has 0 saturated carbocycles. The molecule has 1 aliphatic rings. The molecule has 150 valence electrons. The van der Waals surface area contributed by atoms with Gasteiger partial charge < -0.3 is 10.6 Å². The molecular weight excluding hydrogens is 370 g/mol. The Bertz CT molecular complexity index is 1040. The number of hydrogen-bond donors (Lipinski definition) is 2. The van der Waals surface area contributed by atoms with Crippen molar-refractivity contribution in [2.24, 2.45) is 0 Å². The van der Waals surface area contributed by atoms with Crippen LogP contribution >= 0.6 is 0 Å². The van der Waals surface area contributed by atoms with Gasteiger partial charge in [0.15, 0.2) is 0 Å². The van der Waals surface area contributed by atoms with E-state index in [1.807, 2.05) is 26.0 Å². The Morgan fingerprint density at radius 1 is 1.17 bits per heavy atom. The molecule has 2 amide bonds. The fourth-order valence-corrected chi connectivity index (χ4v) is 3.61. The minimum absolute atomic E-state index is 0.111. The lowest BCUT2D eigenvalue weighted by atomic mass is 10.1. The van der Waals surface area contributed by atoms with Crippen molar-refractivity contribution in [3.05, 3.63) is 65.0 Å². The zero-order chi connectivity index (χ0) is 20.4. The topological polar surface area (TPSA) is 107 Å². The van der Waals surface area contributed by atoms with Gasteiger partial charge in [0.25, 0.3) is 11.8 Å². The zero-order valence-electron chi connectivity index (χ0n) is 16.4. The van der Waals surface area contributed by atoms with E-state index in [9.17, 15) is 9.59 Å². The van der Waals surface area contributed by atoms with Crippen molar-refractivity contribution >= 4 is 11.8 Å². The van der Waals surface area contributed by atoms with E-state index in [-0.39, 0.29) is 17.9 Å². The van der Waals surface area contributed by atoms with Crippen LogP contribution in [0.3, 0.4) is 0 Å². The quantitative estimate of drug-likeness (QED) is 0.652. The summed E-state index contributed by atoms with van der Waals surface area (Å²) in [4.78, 5) is 29.3. The van der Waals surface area contributed by atoms with Gasteiger partial charge in [-0.15, -0.1) is 0 Å². The van der Waals surface area contributed by atoms with Crippen LogP contribution in [0.25, 0.3) is 0 Å². The molecule has 0 fully saturated rings. The summed E-state index contributed by atoms with van der Waals surface area (Å²) in [6.45, 7) is 5.53. The second-order valence-corrected chi connectivity index (χ2v) is 7.06. The Kier molecular flexibility index (Phi) is 5.11. The Morgan fingerprint density at radius 2 is 2.00 bits per heavy atom. The summed E-state index contributed by atoms with van der Waals surface area (Å²) in [5.41, 5.74) is 3.72. The smallest absolute Gasteiger partial charge is 0.255 e. The van der Waals surface area contributed by atoms with Crippen molar-refractivity contribution in [1.82, 2.24) is 35.2 Å². The Balaban J connectivity index is 1.39. The van der Waals surface area contributed by atoms with E-state index in [4.69, 9.17) is 0 Å². The van der Waals surface area contributed by atoms with Crippen LogP contribution in [-0.4, -0.2) is 42.4 Å². The molecule has 2 N–H and O–H groups in total. The Labute approximate surface area is 168 Å². The molecule has 1 atom stereocenters. The van der Waals surface area contributed by atoms with Crippen LogP contribution in [0.1, 0.15) is 44.6 Å². The van der Waals surface area contributed by atoms with Gasteiger partial charge in [-0.1, -0.05) is 6.07 Å². The molecule has 4 rings (SSSR count). The first-order valence-electron chi connectivity index (χ1n) is 9.62. The number of amides is 2. The third kappa shape index (κ3) is 3.75. The maximum Gasteiger partial charge on any atom is 0.255 e. The van der Waals surface area contributed by atoms with Crippen molar-refractivity contribution in [3.63, 3.8) is 0 Å². The highest BCUT2D eigenvalue weighted by Crippen LogP contribution is 2.20. The average Bonchev–Trinajstić information content (AvgIpc) is 3.40. The van der Waals surface area contributed by atoms with Crippen LogP contribution in [0.4, 0.5) is 0 Å². The van der Waals surface area contributed by atoms with Crippen LogP contribution in [0.5, 0.6) is 0 Å². The van der Waals surface area contributed by atoms with Crippen LogP contribution in [-0.2, 0) is 26.1 Å². The lowest BCUT2D eigenvalue weighted by Gasteiger charge is -2.11. The molecule has 0 spiro atoms. The minimum atomic E-state index is -0.179. The molecule has 0 saturated heterocycles. The number of carbonyl (C=O) groups excluding carboxylic acids is 2. The summed E-state index contributed by atoms with van der Waals surface area (Å²) >= 11 is 0. The van der Waals surface area contributed by atoms with Gasteiger partial charge >= 0.3 is 0 Å². The molecule has 0 bridgehead atoms. The molecule has 0 aromatic carbocycles. The first kappa shape index (κ1) is 18.9. The first-order valence-corrected chi connectivity index (χ1v) is 9.62. The molecule has 0 aliphatic carbocycles. The van der Waals surface area contributed by atoms with Crippen molar-refractivity contribution < 1.29 is 9.59 Å². The highest BCUT2D eigenvalue weighted by atomic mass is 16.2. The maximum absolute atomic E-state index is 12.6. The second-order valence-electron chi connectivity index (χ2n) is 7.06. The van der Waals surface area contributed by atoms with Crippen LogP contribution < -0.4 is 10.6 Å². The van der Waals surface area contributed by atoms with Gasteiger partial charge in [0, 0.05) is 37.6 Å². The number of nitrogens with one attached hydrogen (secondary N) is 2. The number of hydrogen-bond acceptors (Lipinski definition) is 5. The summed E-state index contributed by atoms with van der Waals surface area (Å²) in [5, 5.41) is 14.5. The SMILES string of the molecule is CCn1ncc(C(=O)NC2Cc3c(C(=O)NCc4cccnc4)cnn3C2)c1C. The molecule has 1 unspecified atom stereocenters.